The summed E-state index contributed by atoms with van der Waals surface area (Å²) >= 11 is 1.87. The Labute approximate surface area is 209 Å². The molecule has 0 radical (unpaired) electrons. The third kappa shape index (κ3) is 8.77. The number of aromatic nitrogens is 2. The molecule has 3 rings (SSSR count). The van der Waals surface area contributed by atoms with E-state index in [2.05, 4.69) is 23.0 Å². The zero-order valence-electron chi connectivity index (χ0n) is 19.1. The van der Waals surface area contributed by atoms with Crippen LogP contribution in [0.2, 0.25) is 0 Å². The molecule has 1 fully saturated rings. The van der Waals surface area contributed by atoms with Gasteiger partial charge in [-0.3, -0.25) is 0 Å². The number of nitrogens with zero attached hydrogens (tertiary/aromatic N) is 2. The maximum atomic E-state index is 13.6. The third-order valence-corrected chi connectivity index (χ3v) is 6.71. The Morgan fingerprint density at radius 1 is 1.12 bits per heavy atom. The predicted octanol–water partition coefficient (Wildman–Crippen LogP) is 7.00. The smallest absolute Gasteiger partial charge is 0.381 e. The van der Waals surface area contributed by atoms with Crippen molar-refractivity contribution in [1.29, 1.82) is 0 Å². The van der Waals surface area contributed by atoms with Gasteiger partial charge in [0.1, 0.15) is 11.6 Å². The van der Waals surface area contributed by atoms with Crippen molar-refractivity contribution >= 4 is 34.6 Å². The standard InChI is InChI=1S/C26H32FIN2O3/c1-2-3-4-5-6-15-32-21-11-9-19(10-12-21)7-8-20-17-29-25(30-18-20)26(31)33-22-13-14-24(28)23(27)16-22/h7-8,13-14,16-19,21H,2-6,9-12,15H2,1H3/b8-7+. The normalized spacial score (nSPS) is 18.5. The molecule has 0 atom stereocenters. The van der Waals surface area contributed by atoms with Gasteiger partial charge in [0, 0.05) is 34.2 Å². The number of ether oxygens (including phenoxy) is 2. The summed E-state index contributed by atoms with van der Waals surface area (Å²) < 4.78 is 25.3. The van der Waals surface area contributed by atoms with Gasteiger partial charge < -0.3 is 9.47 Å². The molecule has 2 aromatic rings. The average Bonchev–Trinajstić information content (AvgIpc) is 2.83. The van der Waals surface area contributed by atoms with Crippen LogP contribution in [0.25, 0.3) is 6.08 Å². The summed E-state index contributed by atoms with van der Waals surface area (Å²) in [4.78, 5) is 20.4. The molecule has 178 valence electrons. The highest BCUT2D eigenvalue weighted by atomic mass is 127. The van der Waals surface area contributed by atoms with E-state index in [1.807, 2.05) is 28.7 Å². The number of carbonyl (C=O) groups is 1. The molecule has 0 N–H and O–H groups in total. The zero-order chi connectivity index (χ0) is 23.5. The van der Waals surface area contributed by atoms with Gasteiger partial charge in [0.25, 0.3) is 0 Å². The van der Waals surface area contributed by atoms with Gasteiger partial charge in [-0.1, -0.05) is 44.8 Å². The van der Waals surface area contributed by atoms with Gasteiger partial charge in [-0.15, -0.1) is 0 Å². The molecule has 1 aliphatic rings. The minimum Gasteiger partial charge on any atom is -0.421 e. The number of hydrogen-bond acceptors (Lipinski definition) is 5. The molecular formula is C26H32FIN2O3. The van der Waals surface area contributed by atoms with Gasteiger partial charge in [0.15, 0.2) is 0 Å². The molecule has 0 bridgehead atoms. The van der Waals surface area contributed by atoms with E-state index >= 15 is 0 Å². The number of rotatable bonds is 11. The van der Waals surface area contributed by atoms with E-state index in [0.29, 0.717) is 15.6 Å². The van der Waals surface area contributed by atoms with Crippen LogP contribution in [0.3, 0.4) is 0 Å². The van der Waals surface area contributed by atoms with E-state index < -0.39 is 11.8 Å². The molecule has 7 heteroatoms. The molecule has 1 aliphatic carbocycles. The van der Waals surface area contributed by atoms with Crippen molar-refractivity contribution in [3.8, 4) is 5.75 Å². The molecule has 0 amide bonds. The van der Waals surface area contributed by atoms with Gasteiger partial charge in [0.05, 0.1) is 6.10 Å². The monoisotopic (exact) mass is 566 g/mol. The van der Waals surface area contributed by atoms with Crippen molar-refractivity contribution in [3.63, 3.8) is 0 Å². The van der Waals surface area contributed by atoms with Gasteiger partial charge in [-0.05, 0) is 72.7 Å². The Balaban J connectivity index is 1.39. The maximum absolute atomic E-state index is 13.6. The van der Waals surface area contributed by atoms with Crippen molar-refractivity contribution in [2.24, 2.45) is 5.92 Å². The predicted molar refractivity (Wildman–Crippen MR) is 136 cm³/mol. The van der Waals surface area contributed by atoms with Crippen molar-refractivity contribution in [2.45, 2.75) is 70.8 Å². The molecule has 1 aromatic carbocycles. The second kappa shape index (κ2) is 13.7. The van der Waals surface area contributed by atoms with Crippen LogP contribution in [0.4, 0.5) is 4.39 Å². The molecule has 0 spiro atoms. The van der Waals surface area contributed by atoms with Crippen LogP contribution in [0, 0.1) is 15.3 Å². The maximum Gasteiger partial charge on any atom is 0.381 e. The van der Waals surface area contributed by atoms with Crippen LogP contribution < -0.4 is 4.74 Å². The van der Waals surface area contributed by atoms with Gasteiger partial charge >= 0.3 is 5.97 Å². The fourth-order valence-corrected chi connectivity index (χ4v) is 4.21. The molecule has 0 saturated heterocycles. The molecule has 5 nitrogen and oxygen atoms in total. The topological polar surface area (TPSA) is 61.3 Å². The van der Waals surface area contributed by atoms with Crippen molar-refractivity contribution in [3.05, 3.63) is 57.4 Å². The second-order valence-corrected chi connectivity index (χ2v) is 9.65. The Morgan fingerprint density at radius 2 is 1.85 bits per heavy atom. The van der Waals surface area contributed by atoms with Crippen LogP contribution in [0.1, 0.15) is 80.9 Å². The molecule has 0 aliphatic heterocycles. The lowest BCUT2D eigenvalue weighted by molar-refractivity contribution is 0.0203. The summed E-state index contributed by atoms with van der Waals surface area (Å²) in [6, 6.07) is 4.25. The minimum absolute atomic E-state index is 0.0570. The Hall–Kier alpha value is -1.87. The number of allylic oxidation sites excluding steroid dienone is 1. The SMILES string of the molecule is CCCCCCCOC1CCC(/C=C/c2cnc(C(=O)Oc3ccc(I)c(F)c3)nc2)CC1. The summed E-state index contributed by atoms with van der Waals surface area (Å²) in [6.45, 7) is 3.12. The Kier molecular flexibility index (Phi) is 10.7. The molecule has 1 heterocycles. The quantitative estimate of drug-likeness (QED) is 0.127. The molecule has 33 heavy (non-hydrogen) atoms. The lowest BCUT2D eigenvalue weighted by atomic mass is 9.87. The van der Waals surface area contributed by atoms with E-state index in [-0.39, 0.29) is 11.6 Å². The van der Waals surface area contributed by atoms with Crippen LogP contribution in [-0.2, 0) is 4.74 Å². The first-order valence-corrected chi connectivity index (χ1v) is 12.9. The van der Waals surface area contributed by atoms with Gasteiger partial charge in [-0.25, -0.2) is 19.2 Å². The summed E-state index contributed by atoms with van der Waals surface area (Å²) in [6.07, 6.45) is 18.6. The second-order valence-electron chi connectivity index (χ2n) is 8.49. The highest BCUT2D eigenvalue weighted by molar-refractivity contribution is 14.1. The Morgan fingerprint density at radius 3 is 2.55 bits per heavy atom. The van der Waals surface area contributed by atoms with Gasteiger partial charge in [-0.2, -0.15) is 0 Å². The Bertz CT molecular complexity index is 912. The lowest BCUT2D eigenvalue weighted by Gasteiger charge is -2.27. The summed E-state index contributed by atoms with van der Waals surface area (Å²) in [5.41, 5.74) is 0.831. The molecule has 1 aromatic heterocycles. The third-order valence-electron chi connectivity index (χ3n) is 5.84. The number of benzene rings is 1. The summed E-state index contributed by atoms with van der Waals surface area (Å²) in [5, 5.41) is 0. The van der Waals surface area contributed by atoms with Crippen LogP contribution in [0.15, 0.2) is 36.7 Å². The first-order chi connectivity index (χ1) is 16.0. The number of hydrogen-bond donors (Lipinski definition) is 0. The van der Waals surface area contributed by atoms with Crippen LogP contribution >= 0.6 is 22.6 Å². The fraction of sp³-hybridized carbons (Fsp3) is 0.500. The van der Waals surface area contributed by atoms with Crippen molar-refractivity contribution in [2.75, 3.05) is 6.61 Å². The highest BCUT2D eigenvalue weighted by Crippen LogP contribution is 2.28. The highest BCUT2D eigenvalue weighted by Gasteiger charge is 2.20. The van der Waals surface area contributed by atoms with E-state index in [4.69, 9.17) is 9.47 Å². The van der Waals surface area contributed by atoms with Crippen molar-refractivity contribution in [1.82, 2.24) is 9.97 Å². The fourth-order valence-electron chi connectivity index (χ4n) is 3.87. The van der Waals surface area contributed by atoms with Gasteiger partial charge in [0.2, 0.25) is 5.82 Å². The first-order valence-electron chi connectivity index (χ1n) is 11.8. The first kappa shape index (κ1) is 25.7. The molecular weight excluding hydrogens is 534 g/mol. The van der Waals surface area contributed by atoms with Crippen LogP contribution in [0.5, 0.6) is 5.75 Å². The number of unbranched alkanes of at least 4 members (excludes halogenated alkanes) is 4. The van der Waals surface area contributed by atoms with E-state index in [1.165, 1.54) is 44.2 Å². The van der Waals surface area contributed by atoms with E-state index in [1.54, 1.807) is 18.5 Å². The number of halogens is 2. The van der Waals surface area contributed by atoms with Crippen molar-refractivity contribution < 1.29 is 18.7 Å². The average molecular weight is 566 g/mol. The number of esters is 1. The summed E-state index contributed by atoms with van der Waals surface area (Å²) in [7, 11) is 0. The zero-order valence-corrected chi connectivity index (χ0v) is 21.3. The summed E-state index contributed by atoms with van der Waals surface area (Å²) in [5.74, 6) is -0.560. The molecule has 0 unspecified atom stereocenters. The largest absolute Gasteiger partial charge is 0.421 e. The molecule has 1 saturated carbocycles. The number of carbonyl (C=O) groups excluding carboxylic acids is 1. The van der Waals surface area contributed by atoms with E-state index in [0.717, 1.165) is 37.9 Å². The van der Waals surface area contributed by atoms with E-state index in [9.17, 15) is 9.18 Å². The lowest BCUT2D eigenvalue weighted by Crippen LogP contribution is -2.21. The minimum atomic E-state index is -0.713. The van der Waals surface area contributed by atoms with Crippen LogP contribution in [-0.4, -0.2) is 28.6 Å².